The van der Waals surface area contributed by atoms with Crippen molar-refractivity contribution in [2.24, 2.45) is 0 Å². The molecule has 114 valence electrons. The monoisotopic (exact) mass is 343 g/mol. The lowest BCUT2D eigenvalue weighted by Gasteiger charge is -2.03. The first-order chi connectivity index (χ1) is 11.3. The third-order valence-corrected chi connectivity index (χ3v) is 4.35. The summed E-state index contributed by atoms with van der Waals surface area (Å²) < 4.78 is 3.56. The second-order valence-electron chi connectivity index (χ2n) is 4.70. The summed E-state index contributed by atoms with van der Waals surface area (Å²) in [6.45, 7) is 0. The molecule has 0 atom stereocenters. The van der Waals surface area contributed by atoms with Crippen LogP contribution in [-0.2, 0) is 5.75 Å². The Morgan fingerprint density at radius 1 is 1.17 bits per heavy atom. The van der Waals surface area contributed by atoms with E-state index in [1.807, 2.05) is 35.0 Å². The zero-order valence-corrected chi connectivity index (χ0v) is 13.3. The van der Waals surface area contributed by atoms with E-state index in [1.54, 1.807) is 23.0 Å². The van der Waals surface area contributed by atoms with E-state index in [0.29, 0.717) is 21.7 Å². The summed E-state index contributed by atoms with van der Waals surface area (Å²) in [7, 11) is 0. The number of tetrazole rings is 1. The SMILES string of the molecule is Clc1ccc(-n2nnnc2SCc2cn3cccnc3n2)cc1. The maximum Gasteiger partial charge on any atom is 0.233 e. The summed E-state index contributed by atoms with van der Waals surface area (Å²) >= 11 is 7.42. The maximum absolute atomic E-state index is 5.91. The quantitative estimate of drug-likeness (QED) is 0.530. The van der Waals surface area contributed by atoms with Gasteiger partial charge in [-0.25, -0.2) is 9.97 Å². The van der Waals surface area contributed by atoms with Crippen LogP contribution in [0.2, 0.25) is 5.02 Å². The van der Waals surface area contributed by atoms with Gasteiger partial charge in [-0.05, 0) is 40.8 Å². The Balaban J connectivity index is 1.55. The van der Waals surface area contributed by atoms with Gasteiger partial charge in [0.1, 0.15) is 0 Å². The van der Waals surface area contributed by atoms with Crippen LogP contribution in [0.5, 0.6) is 0 Å². The number of hydrogen-bond acceptors (Lipinski definition) is 6. The largest absolute Gasteiger partial charge is 0.291 e. The van der Waals surface area contributed by atoms with Crippen molar-refractivity contribution in [3.63, 3.8) is 0 Å². The molecule has 4 rings (SSSR count). The van der Waals surface area contributed by atoms with Crippen molar-refractivity contribution in [3.8, 4) is 5.69 Å². The third kappa shape index (κ3) is 2.90. The number of aromatic nitrogens is 7. The Kier molecular flexibility index (Phi) is 3.68. The van der Waals surface area contributed by atoms with Crippen LogP contribution in [0.25, 0.3) is 11.5 Å². The molecule has 0 spiro atoms. The molecule has 0 amide bonds. The van der Waals surface area contributed by atoms with Gasteiger partial charge < -0.3 is 0 Å². The number of hydrogen-bond donors (Lipinski definition) is 0. The highest BCUT2D eigenvalue weighted by Crippen LogP contribution is 2.22. The van der Waals surface area contributed by atoms with E-state index in [2.05, 4.69) is 25.5 Å². The molecule has 3 heterocycles. The zero-order chi connectivity index (χ0) is 15.6. The zero-order valence-electron chi connectivity index (χ0n) is 11.7. The van der Waals surface area contributed by atoms with Crippen LogP contribution in [-0.4, -0.2) is 34.6 Å². The van der Waals surface area contributed by atoms with E-state index in [9.17, 15) is 0 Å². The average Bonchev–Trinajstić information content (AvgIpc) is 3.19. The molecule has 3 aromatic heterocycles. The minimum atomic E-state index is 0.650. The Morgan fingerprint density at radius 3 is 2.87 bits per heavy atom. The van der Waals surface area contributed by atoms with Crippen molar-refractivity contribution in [1.82, 2.24) is 34.6 Å². The van der Waals surface area contributed by atoms with Crippen LogP contribution in [0.4, 0.5) is 0 Å². The highest BCUT2D eigenvalue weighted by Gasteiger charge is 2.10. The smallest absolute Gasteiger partial charge is 0.233 e. The summed E-state index contributed by atoms with van der Waals surface area (Å²) in [5, 5.41) is 13.2. The first-order valence-corrected chi connectivity index (χ1v) is 8.12. The van der Waals surface area contributed by atoms with E-state index in [4.69, 9.17) is 11.6 Å². The maximum atomic E-state index is 5.91. The molecule has 4 aromatic rings. The number of rotatable bonds is 4. The fourth-order valence-corrected chi connectivity index (χ4v) is 3.00. The lowest BCUT2D eigenvalue weighted by atomic mass is 10.3. The van der Waals surface area contributed by atoms with Gasteiger partial charge in [-0.1, -0.05) is 23.4 Å². The molecule has 9 heteroatoms. The molecule has 0 saturated heterocycles. The van der Waals surface area contributed by atoms with Crippen LogP contribution < -0.4 is 0 Å². The summed E-state index contributed by atoms with van der Waals surface area (Å²) in [5.74, 6) is 1.33. The predicted molar refractivity (Wildman–Crippen MR) is 86.7 cm³/mol. The second kappa shape index (κ2) is 5.98. The standard InChI is InChI=1S/C14H10ClN7S/c15-10-2-4-12(5-3-10)22-14(18-19-20-22)23-9-11-8-21-7-1-6-16-13(21)17-11/h1-8H,9H2. The lowest BCUT2D eigenvalue weighted by Crippen LogP contribution is -1.98. The van der Waals surface area contributed by atoms with Gasteiger partial charge in [0.05, 0.1) is 11.4 Å². The third-order valence-electron chi connectivity index (χ3n) is 3.15. The van der Waals surface area contributed by atoms with Crippen molar-refractivity contribution in [2.75, 3.05) is 0 Å². The second-order valence-corrected chi connectivity index (χ2v) is 6.08. The molecule has 0 fully saturated rings. The summed E-state index contributed by atoms with van der Waals surface area (Å²) in [6.07, 6.45) is 5.59. The van der Waals surface area contributed by atoms with Crippen LogP contribution in [0.3, 0.4) is 0 Å². The molecule has 23 heavy (non-hydrogen) atoms. The van der Waals surface area contributed by atoms with Crippen molar-refractivity contribution in [3.05, 3.63) is 59.6 Å². The molecule has 0 radical (unpaired) electrons. The molecule has 0 unspecified atom stereocenters. The normalized spacial score (nSPS) is 11.2. The topological polar surface area (TPSA) is 73.8 Å². The number of fused-ring (bicyclic) bond motifs is 1. The molecule has 0 saturated carbocycles. The van der Waals surface area contributed by atoms with E-state index in [1.165, 1.54) is 11.8 Å². The van der Waals surface area contributed by atoms with Crippen molar-refractivity contribution >= 4 is 29.1 Å². The van der Waals surface area contributed by atoms with Crippen LogP contribution >= 0.6 is 23.4 Å². The Labute approximate surface area is 140 Å². The number of nitrogens with zero attached hydrogens (tertiary/aromatic N) is 7. The van der Waals surface area contributed by atoms with E-state index in [-0.39, 0.29) is 0 Å². The summed E-state index contributed by atoms with van der Waals surface area (Å²) in [5.41, 5.74) is 1.78. The van der Waals surface area contributed by atoms with E-state index in [0.717, 1.165) is 11.4 Å². The first-order valence-electron chi connectivity index (χ1n) is 6.75. The Hall–Kier alpha value is -2.45. The Morgan fingerprint density at radius 2 is 2.04 bits per heavy atom. The van der Waals surface area contributed by atoms with Gasteiger partial charge in [-0.15, -0.1) is 5.10 Å². The Bertz CT molecular complexity index is 914. The van der Waals surface area contributed by atoms with Crippen LogP contribution in [0, 0.1) is 0 Å². The van der Waals surface area contributed by atoms with E-state index >= 15 is 0 Å². The van der Waals surface area contributed by atoms with Crippen molar-refractivity contribution < 1.29 is 0 Å². The predicted octanol–water partition coefficient (Wildman–Crippen LogP) is 2.65. The van der Waals surface area contributed by atoms with Gasteiger partial charge in [0.15, 0.2) is 0 Å². The summed E-state index contributed by atoms with van der Waals surface area (Å²) in [6, 6.07) is 9.23. The average molecular weight is 344 g/mol. The highest BCUT2D eigenvalue weighted by atomic mass is 35.5. The number of benzene rings is 1. The molecule has 0 aliphatic carbocycles. The molecule has 0 aliphatic heterocycles. The molecular formula is C14H10ClN7S. The van der Waals surface area contributed by atoms with Gasteiger partial charge in [0.25, 0.3) is 0 Å². The van der Waals surface area contributed by atoms with Crippen LogP contribution in [0.15, 0.2) is 54.1 Å². The van der Waals surface area contributed by atoms with Gasteiger partial charge in [-0.2, -0.15) is 4.68 Å². The molecule has 1 aromatic carbocycles. The molecule has 0 bridgehead atoms. The fraction of sp³-hybridized carbons (Fsp3) is 0.0714. The summed E-state index contributed by atoms with van der Waals surface area (Å²) in [4.78, 5) is 8.67. The minimum Gasteiger partial charge on any atom is -0.291 e. The molecule has 0 aliphatic rings. The lowest BCUT2D eigenvalue weighted by molar-refractivity contribution is 0.756. The molecule has 0 N–H and O–H groups in total. The number of halogens is 1. The van der Waals surface area contributed by atoms with E-state index < -0.39 is 0 Å². The number of thioether (sulfide) groups is 1. The van der Waals surface area contributed by atoms with Gasteiger partial charge >= 0.3 is 0 Å². The van der Waals surface area contributed by atoms with Gasteiger partial charge in [-0.3, -0.25) is 4.40 Å². The van der Waals surface area contributed by atoms with Gasteiger partial charge in [0, 0.05) is 29.4 Å². The molecular weight excluding hydrogens is 334 g/mol. The minimum absolute atomic E-state index is 0.650. The van der Waals surface area contributed by atoms with Crippen molar-refractivity contribution in [1.29, 1.82) is 0 Å². The number of imidazole rings is 1. The fourth-order valence-electron chi connectivity index (χ4n) is 2.10. The van der Waals surface area contributed by atoms with Crippen molar-refractivity contribution in [2.45, 2.75) is 10.9 Å². The highest BCUT2D eigenvalue weighted by molar-refractivity contribution is 7.98. The first kappa shape index (κ1) is 14.2. The molecule has 7 nitrogen and oxygen atoms in total. The van der Waals surface area contributed by atoms with Crippen LogP contribution in [0.1, 0.15) is 5.69 Å². The van der Waals surface area contributed by atoms with Gasteiger partial charge in [0.2, 0.25) is 10.9 Å².